The summed E-state index contributed by atoms with van der Waals surface area (Å²) in [5.74, 6) is -2.38. The van der Waals surface area contributed by atoms with E-state index in [-0.39, 0.29) is 47.4 Å². The number of aliphatic hydroxyl groups excluding tert-OH is 1. The van der Waals surface area contributed by atoms with Crippen LogP contribution in [0.1, 0.15) is 40.9 Å². The van der Waals surface area contributed by atoms with E-state index in [0.717, 1.165) is 11.6 Å². The number of fused-ring (bicyclic) bond motifs is 1. The van der Waals surface area contributed by atoms with Crippen molar-refractivity contribution in [3.05, 3.63) is 119 Å². The van der Waals surface area contributed by atoms with Crippen LogP contribution >= 0.6 is 0 Å². The van der Waals surface area contributed by atoms with Gasteiger partial charge in [0.05, 0.1) is 35.9 Å². The molecule has 2 amide bonds. The van der Waals surface area contributed by atoms with Gasteiger partial charge in [0.25, 0.3) is 5.91 Å². The van der Waals surface area contributed by atoms with Crippen LogP contribution in [0.3, 0.4) is 0 Å². The van der Waals surface area contributed by atoms with Crippen LogP contribution < -0.4 is 14.8 Å². The zero-order chi connectivity index (χ0) is 36.9. The van der Waals surface area contributed by atoms with E-state index in [2.05, 4.69) is 5.32 Å². The van der Waals surface area contributed by atoms with E-state index in [0.29, 0.717) is 31.0 Å². The summed E-state index contributed by atoms with van der Waals surface area (Å²) < 4.78 is 79.8. The number of benzene rings is 4. The van der Waals surface area contributed by atoms with Gasteiger partial charge in [-0.15, -0.1) is 0 Å². The van der Waals surface area contributed by atoms with Gasteiger partial charge in [-0.05, 0) is 73.6 Å². The van der Waals surface area contributed by atoms with Gasteiger partial charge in [-0.3, -0.25) is 14.5 Å². The second-order valence-corrected chi connectivity index (χ2v) is 12.7. The third-order valence-corrected chi connectivity index (χ3v) is 8.63. The van der Waals surface area contributed by atoms with Crippen LogP contribution in [0.2, 0.25) is 0 Å². The first-order chi connectivity index (χ1) is 24.2. The smallest absolute Gasteiger partial charge is 0.416 e. The number of likely N-dealkylation sites (N-methyl/N-ethyl adjacent to an activating group) is 1. The first-order valence-electron chi connectivity index (χ1n) is 16.3. The predicted octanol–water partition coefficient (Wildman–Crippen LogP) is 7.31. The molecule has 0 unspecified atom stereocenters. The maximum Gasteiger partial charge on any atom is 0.416 e. The number of nitrogens with one attached hydrogen (secondary N) is 1. The second-order valence-electron chi connectivity index (χ2n) is 12.7. The Hall–Kier alpha value is -5.01. The van der Waals surface area contributed by atoms with Crippen molar-refractivity contribution in [2.75, 3.05) is 32.1 Å². The van der Waals surface area contributed by atoms with Crippen LogP contribution in [-0.4, -0.2) is 65.6 Å². The lowest BCUT2D eigenvalue weighted by Crippen LogP contribution is -2.49. The molecule has 0 spiro atoms. The standard InChI is InChI=1S/C38H38F5N3O5/c1-23-19-46(24(2)22-47)37(49)29-7-6-9-32(44-35(48)17-26-13-14-27(18-31(26)40)38(41,42)43)36(29)51-34(23)21-45(3)20-25-11-15-28(16-12-25)50-33-10-5-4-8-30(33)39/h4-16,18,23-24,34,47H,17,19-22H2,1-3H3,(H,44,48)/t23-,24+,34-/m1/s1. The fourth-order valence-corrected chi connectivity index (χ4v) is 5.79. The molecule has 0 bridgehead atoms. The number of rotatable bonds is 11. The molecule has 8 nitrogen and oxygen atoms in total. The normalized spacial score (nSPS) is 16.9. The van der Waals surface area contributed by atoms with Crippen molar-refractivity contribution < 1.29 is 46.1 Å². The van der Waals surface area contributed by atoms with Gasteiger partial charge in [0, 0.05) is 25.6 Å². The molecular formula is C38H38F5N3O5. The van der Waals surface area contributed by atoms with Crippen molar-refractivity contribution in [1.29, 1.82) is 0 Å². The molecule has 4 aromatic carbocycles. The number of carbonyl (C=O) groups is 2. The summed E-state index contributed by atoms with van der Waals surface area (Å²) in [6.45, 7) is 4.49. The van der Waals surface area contributed by atoms with E-state index < -0.39 is 53.8 Å². The molecule has 13 heteroatoms. The first kappa shape index (κ1) is 37.3. The summed E-state index contributed by atoms with van der Waals surface area (Å²) in [6.07, 6.45) is -5.83. The van der Waals surface area contributed by atoms with Gasteiger partial charge in [0.2, 0.25) is 5.91 Å². The molecule has 0 aliphatic carbocycles. The Bertz CT molecular complexity index is 1850. The molecule has 1 aliphatic rings. The number of alkyl halides is 3. The lowest BCUT2D eigenvalue weighted by molar-refractivity contribution is -0.137. The molecule has 5 rings (SSSR count). The van der Waals surface area contributed by atoms with Crippen molar-refractivity contribution in [2.24, 2.45) is 5.92 Å². The van der Waals surface area contributed by atoms with Crippen LogP contribution in [0.5, 0.6) is 17.2 Å². The summed E-state index contributed by atoms with van der Waals surface area (Å²) in [5, 5.41) is 12.6. The molecule has 51 heavy (non-hydrogen) atoms. The average molecular weight is 712 g/mol. The number of hydrogen-bond acceptors (Lipinski definition) is 6. The molecule has 0 saturated carbocycles. The molecular weight excluding hydrogens is 673 g/mol. The van der Waals surface area contributed by atoms with Crippen molar-refractivity contribution in [2.45, 2.75) is 45.1 Å². The molecule has 3 atom stereocenters. The molecule has 4 aromatic rings. The van der Waals surface area contributed by atoms with Gasteiger partial charge in [-0.25, -0.2) is 8.78 Å². The lowest BCUT2D eigenvalue weighted by atomic mass is 9.98. The maximum atomic E-state index is 14.6. The Balaban J connectivity index is 1.35. The number of halogens is 5. The fourth-order valence-electron chi connectivity index (χ4n) is 5.79. The topological polar surface area (TPSA) is 91.3 Å². The summed E-state index contributed by atoms with van der Waals surface area (Å²) in [6, 6.07) is 19.4. The zero-order valence-corrected chi connectivity index (χ0v) is 28.2. The maximum absolute atomic E-state index is 14.6. The van der Waals surface area contributed by atoms with Crippen LogP contribution in [-0.2, 0) is 23.9 Å². The predicted molar refractivity (Wildman–Crippen MR) is 181 cm³/mol. The van der Waals surface area contributed by atoms with E-state index in [9.17, 15) is 36.6 Å². The van der Waals surface area contributed by atoms with Crippen LogP contribution in [0.25, 0.3) is 0 Å². The summed E-state index contributed by atoms with van der Waals surface area (Å²) >= 11 is 0. The number of ether oxygens (including phenoxy) is 2. The van der Waals surface area contributed by atoms with E-state index >= 15 is 0 Å². The summed E-state index contributed by atoms with van der Waals surface area (Å²) in [5.41, 5.74) is -0.204. The molecule has 1 aliphatic heterocycles. The van der Waals surface area contributed by atoms with E-state index in [1.807, 2.05) is 31.0 Å². The molecule has 270 valence electrons. The molecule has 1 heterocycles. The minimum Gasteiger partial charge on any atom is -0.486 e. The monoisotopic (exact) mass is 711 g/mol. The Morgan fingerprint density at radius 2 is 1.76 bits per heavy atom. The van der Waals surface area contributed by atoms with Crippen molar-refractivity contribution in [3.8, 4) is 17.2 Å². The average Bonchev–Trinajstić information content (AvgIpc) is 3.08. The number of carbonyl (C=O) groups excluding carboxylic acids is 2. The van der Waals surface area contributed by atoms with Crippen molar-refractivity contribution in [3.63, 3.8) is 0 Å². The van der Waals surface area contributed by atoms with Crippen molar-refractivity contribution in [1.82, 2.24) is 9.80 Å². The highest BCUT2D eigenvalue weighted by molar-refractivity contribution is 6.02. The largest absolute Gasteiger partial charge is 0.486 e. The highest BCUT2D eigenvalue weighted by atomic mass is 19.4. The molecule has 0 radical (unpaired) electrons. The summed E-state index contributed by atoms with van der Waals surface area (Å²) in [7, 11) is 1.89. The number of anilines is 1. The Morgan fingerprint density at radius 3 is 2.43 bits per heavy atom. The highest BCUT2D eigenvalue weighted by Gasteiger charge is 2.35. The third kappa shape index (κ3) is 9.21. The Morgan fingerprint density at radius 1 is 1.04 bits per heavy atom. The van der Waals surface area contributed by atoms with Crippen LogP contribution in [0.15, 0.2) is 84.9 Å². The van der Waals surface area contributed by atoms with Gasteiger partial charge in [0.1, 0.15) is 17.7 Å². The van der Waals surface area contributed by atoms with Crippen LogP contribution in [0.4, 0.5) is 27.6 Å². The number of aliphatic hydroxyl groups is 1. The van der Waals surface area contributed by atoms with E-state index in [1.165, 1.54) is 18.2 Å². The third-order valence-electron chi connectivity index (χ3n) is 8.63. The van der Waals surface area contributed by atoms with Gasteiger partial charge in [-0.2, -0.15) is 13.2 Å². The van der Waals surface area contributed by atoms with Crippen LogP contribution in [0, 0.1) is 17.6 Å². The van der Waals surface area contributed by atoms with E-state index in [1.54, 1.807) is 48.2 Å². The van der Waals surface area contributed by atoms with Gasteiger partial charge in [-0.1, -0.05) is 43.3 Å². The second kappa shape index (κ2) is 15.9. The van der Waals surface area contributed by atoms with E-state index in [4.69, 9.17) is 9.47 Å². The summed E-state index contributed by atoms with van der Waals surface area (Å²) in [4.78, 5) is 30.5. The minimum atomic E-state index is -4.74. The molecule has 2 N–H and O–H groups in total. The first-order valence-corrected chi connectivity index (χ1v) is 16.3. The Labute approximate surface area is 292 Å². The van der Waals surface area contributed by atoms with Crippen molar-refractivity contribution >= 4 is 17.5 Å². The number of hydrogen-bond donors (Lipinski definition) is 2. The van der Waals surface area contributed by atoms with Gasteiger partial charge in [0.15, 0.2) is 17.3 Å². The fraction of sp³-hybridized carbons (Fsp3) is 0.316. The number of nitrogens with zero attached hydrogens (tertiary/aromatic N) is 2. The SMILES string of the molecule is C[C@@H]1CN([C@@H](C)CO)C(=O)c2cccc(NC(=O)Cc3ccc(C(F)(F)F)cc3F)c2O[C@@H]1CN(C)Cc1ccc(Oc2ccccc2F)cc1. The molecule has 0 aromatic heterocycles. The van der Waals surface area contributed by atoms with Gasteiger partial charge < -0.3 is 24.8 Å². The zero-order valence-electron chi connectivity index (χ0n) is 28.2. The van der Waals surface area contributed by atoms with Gasteiger partial charge >= 0.3 is 6.18 Å². The molecule has 0 saturated heterocycles. The minimum absolute atomic E-state index is 0.0819. The number of para-hydroxylation sites is 2. The Kier molecular flexibility index (Phi) is 11.6. The number of amides is 2. The lowest BCUT2D eigenvalue weighted by Gasteiger charge is -2.38. The molecule has 0 fully saturated rings. The highest BCUT2D eigenvalue weighted by Crippen LogP contribution is 2.36. The quantitative estimate of drug-likeness (QED) is 0.159.